The molecule has 1 amide bonds. The number of methoxy groups -OCH3 is 2. The van der Waals surface area contributed by atoms with E-state index in [1.54, 1.807) is 54.1 Å². The summed E-state index contributed by atoms with van der Waals surface area (Å²) in [7, 11) is -0.612. The van der Waals surface area contributed by atoms with Gasteiger partial charge in [0.1, 0.15) is 5.75 Å². The van der Waals surface area contributed by atoms with Crippen molar-refractivity contribution in [3.05, 3.63) is 77.6 Å². The van der Waals surface area contributed by atoms with E-state index in [0.29, 0.717) is 36.7 Å². The Morgan fingerprint density at radius 2 is 1.78 bits per heavy atom. The maximum Gasteiger partial charge on any atom is 0.228 e. The molecule has 1 aromatic heterocycles. The zero-order chi connectivity index (χ0) is 26.1. The van der Waals surface area contributed by atoms with Crippen LogP contribution in [0.15, 0.2) is 66.0 Å². The average molecular weight is 514 g/mol. The van der Waals surface area contributed by atoms with Crippen LogP contribution in [0.4, 0.5) is 0 Å². The first kappa shape index (κ1) is 27.4. The Bertz CT molecular complexity index is 1240. The van der Waals surface area contributed by atoms with E-state index in [1.807, 2.05) is 44.2 Å². The lowest BCUT2D eigenvalue weighted by atomic mass is 10.1. The highest BCUT2D eigenvalue weighted by molar-refractivity contribution is 7.90. The highest BCUT2D eigenvalue weighted by Gasteiger charge is 2.26. The molecule has 0 radical (unpaired) electrons. The van der Waals surface area contributed by atoms with Crippen molar-refractivity contribution in [3.63, 3.8) is 0 Å². The summed E-state index contributed by atoms with van der Waals surface area (Å²) in [6.45, 7) is 5.51. The molecule has 0 aliphatic carbocycles. The maximum atomic E-state index is 13.4. The number of sulfone groups is 1. The smallest absolute Gasteiger partial charge is 0.228 e. The Morgan fingerprint density at radius 3 is 2.44 bits per heavy atom. The van der Waals surface area contributed by atoms with Gasteiger partial charge in [0.25, 0.3) is 0 Å². The van der Waals surface area contributed by atoms with Crippen LogP contribution >= 0.6 is 0 Å². The third kappa shape index (κ3) is 7.41. The van der Waals surface area contributed by atoms with Crippen molar-refractivity contribution in [2.75, 3.05) is 27.4 Å². The second-order valence-corrected chi connectivity index (χ2v) is 11.0. The summed E-state index contributed by atoms with van der Waals surface area (Å²) in [6, 6.07) is 16.6. The van der Waals surface area contributed by atoms with Crippen molar-refractivity contribution in [1.82, 2.24) is 14.5 Å². The molecule has 0 fully saturated rings. The van der Waals surface area contributed by atoms with Gasteiger partial charge >= 0.3 is 0 Å². The Balaban J connectivity index is 1.89. The topological polar surface area (TPSA) is 90.7 Å². The monoisotopic (exact) mass is 513 g/mol. The van der Waals surface area contributed by atoms with Crippen LogP contribution in [0.5, 0.6) is 5.75 Å². The number of nitrogens with zero attached hydrogens (tertiary/aromatic N) is 3. The van der Waals surface area contributed by atoms with Gasteiger partial charge in [-0.3, -0.25) is 4.79 Å². The number of benzene rings is 2. The van der Waals surface area contributed by atoms with Gasteiger partial charge in [0.05, 0.1) is 44.3 Å². The van der Waals surface area contributed by atoms with Gasteiger partial charge in [0.15, 0.2) is 0 Å². The van der Waals surface area contributed by atoms with Crippen LogP contribution in [0.1, 0.15) is 30.7 Å². The number of imidazole rings is 1. The van der Waals surface area contributed by atoms with Crippen LogP contribution in [-0.4, -0.2) is 56.1 Å². The minimum atomic E-state index is -3.75. The van der Waals surface area contributed by atoms with Crippen LogP contribution in [0, 0.1) is 5.92 Å². The first-order chi connectivity index (χ1) is 17.2. The molecule has 9 heteroatoms. The Kier molecular flexibility index (Phi) is 9.66. The Hall–Kier alpha value is -3.17. The van der Waals surface area contributed by atoms with Crippen LogP contribution in [0.25, 0.3) is 0 Å². The molecule has 0 atom stereocenters. The van der Waals surface area contributed by atoms with E-state index in [9.17, 15) is 13.2 Å². The SMILES string of the molecule is COCCN(Cc1cnc(S(=O)(=O)Cc2cccc(OC)c2)n1CC(C)C)C(=O)Cc1ccccc1. The highest BCUT2D eigenvalue weighted by Crippen LogP contribution is 2.22. The zero-order valence-electron chi connectivity index (χ0n) is 21.4. The fourth-order valence-corrected chi connectivity index (χ4v) is 5.43. The lowest BCUT2D eigenvalue weighted by Gasteiger charge is -2.24. The van der Waals surface area contributed by atoms with E-state index in [2.05, 4.69) is 4.98 Å². The van der Waals surface area contributed by atoms with Crippen LogP contribution in [0.2, 0.25) is 0 Å². The second-order valence-electron chi connectivity index (χ2n) is 9.12. The molecule has 0 spiro atoms. The lowest BCUT2D eigenvalue weighted by Crippen LogP contribution is -2.35. The maximum absolute atomic E-state index is 13.4. The number of carbonyl (C=O) groups excluding carboxylic acids is 1. The van der Waals surface area contributed by atoms with Gasteiger partial charge in [-0.15, -0.1) is 0 Å². The number of ether oxygens (including phenoxy) is 2. The van der Waals surface area contributed by atoms with Crippen LogP contribution in [-0.2, 0) is 44.6 Å². The van der Waals surface area contributed by atoms with Crippen molar-refractivity contribution < 1.29 is 22.7 Å². The van der Waals surface area contributed by atoms with Gasteiger partial charge in [-0.05, 0) is 29.2 Å². The van der Waals surface area contributed by atoms with Gasteiger partial charge in [-0.25, -0.2) is 13.4 Å². The fraction of sp³-hybridized carbons (Fsp3) is 0.407. The number of aromatic nitrogens is 2. The first-order valence-corrected chi connectivity index (χ1v) is 13.6. The molecule has 0 bridgehead atoms. The van der Waals surface area contributed by atoms with Gasteiger partial charge in [-0.2, -0.15) is 0 Å². The number of hydrogen-bond acceptors (Lipinski definition) is 6. The minimum absolute atomic E-state index is 0.0104. The predicted molar refractivity (Wildman–Crippen MR) is 138 cm³/mol. The summed E-state index contributed by atoms with van der Waals surface area (Å²) in [5, 5.41) is 0.0104. The van der Waals surface area contributed by atoms with Crippen LogP contribution in [0.3, 0.4) is 0 Å². The second kappa shape index (κ2) is 12.7. The van der Waals surface area contributed by atoms with Crippen molar-refractivity contribution >= 4 is 15.7 Å². The standard InChI is InChI=1S/C27H35N3O5S/c1-21(2)18-30-24(19-29(13-14-34-3)26(31)16-22-9-6-5-7-10-22)17-28-27(30)36(32,33)20-23-11-8-12-25(15-23)35-4/h5-12,15,17,21H,13-14,16,18-20H2,1-4H3. The average Bonchev–Trinajstić information content (AvgIpc) is 3.24. The van der Waals surface area contributed by atoms with Crippen molar-refractivity contribution in [2.45, 2.75) is 44.3 Å². The summed E-state index contributed by atoms with van der Waals surface area (Å²) in [4.78, 5) is 19.2. The molecule has 0 unspecified atom stereocenters. The van der Waals surface area contributed by atoms with Crippen LogP contribution < -0.4 is 4.74 Å². The third-order valence-corrected chi connectivity index (χ3v) is 7.28. The number of carbonyl (C=O) groups is 1. The zero-order valence-corrected chi connectivity index (χ0v) is 22.2. The molecule has 0 aliphatic rings. The summed E-state index contributed by atoms with van der Waals surface area (Å²) >= 11 is 0. The summed E-state index contributed by atoms with van der Waals surface area (Å²) < 4.78 is 39.0. The first-order valence-electron chi connectivity index (χ1n) is 11.9. The molecule has 2 aromatic carbocycles. The normalized spacial score (nSPS) is 11.6. The fourth-order valence-electron chi connectivity index (χ4n) is 3.94. The molecule has 0 saturated carbocycles. The molecule has 3 aromatic rings. The molecule has 194 valence electrons. The van der Waals surface area contributed by atoms with Crippen molar-refractivity contribution in [1.29, 1.82) is 0 Å². The van der Waals surface area contributed by atoms with Gasteiger partial charge < -0.3 is 18.9 Å². The summed E-state index contributed by atoms with van der Waals surface area (Å²) in [6.07, 6.45) is 1.82. The van der Waals surface area contributed by atoms with Gasteiger partial charge in [0, 0.05) is 20.2 Å². The highest BCUT2D eigenvalue weighted by atomic mass is 32.2. The van der Waals surface area contributed by atoms with Crippen molar-refractivity contribution in [2.24, 2.45) is 5.92 Å². The summed E-state index contributed by atoms with van der Waals surface area (Å²) in [5.74, 6) is 0.520. The molecular formula is C27H35N3O5S. The predicted octanol–water partition coefficient (Wildman–Crippen LogP) is 3.74. The quantitative estimate of drug-likeness (QED) is 0.346. The molecule has 36 heavy (non-hydrogen) atoms. The number of rotatable bonds is 13. The molecular weight excluding hydrogens is 478 g/mol. The summed E-state index contributed by atoms with van der Waals surface area (Å²) in [5.41, 5.74) is 2.21. The Morgan fingerprint density at radius 1 is 1.06 bits per heavy atom. The molecule has 0 aliphatic heterocycles. The van der Waals surface area contributed by atoms with E-state index >= 15 is 0 Å². The third-order valence-electron chi connectivity index (χ3n) is 5.69. The lowest BCUT2D eigenvalue weighted by molar-refractivity contribution is -0.131. The molecule has 0 N–H and O–H groups in total. The van der Waals surface area contributed by atoms with E-state index in [1.165, 1.54) is 0 Å². The van der Waals surface area contributed by atoms with Gasteiger partial charge in [-0.1, -0.05) is 56.3 Å². The molecule has 0 saturated heterocycles. The van der Waals surface area contributed by atoms with Crippen molar-refractivity contribution in [3.8, 4) is 5.75 Å². The molecule has 1 heterocycles. The molecule has 3 rings (SSSR count). The Labute approximate surface area is 213 Å². The van der Waals surface area contributed by atoms with E-state index < -0.39 is 9.84 Å². The molecule has 8 nitrogen and oxygen atoms in total. The van der Waals surface area contributed by atoms with E-state index in [4.69, 9.17) is 9.47 Å². The number of amides is 1. The minimum Gasteiger partial charge on any atom is -0.497 e. The van der Waals surface area contributed by atoms with Gasteiger partial charge in [0.2, 0.25) is 20.9 Å². The van der Waals surface area contributed by atoms with E-state index in [-0.39, 0.29) is 35.7 Å². The number of hydrogen-bond donors (Lipinski definition) is 0. The van der Waals surface area contributed by atoms with E-state index in [0.717, 1.165) is 5.56 Å². The largest absolute Gasteiger partial charge is 0.497 e.